The van der Waals surface area contributed by atoms with Crippen LogP contribution >= 0.6 is 0 Å². The van der Waals surface area contributed by atoms with E-state index in [0.717, 1.165) is 25.0 Å². The molecule has 1 saturated carbocycles. The van der Waals surface area contributed by atoms with E-state index in [0.29, 0.717) is 37.3 Å². The molecule has 0 radical (unpaired) electrons. The summed E-state index contributed by atoms with van der Waals surface area (Å²) >= 11 is 0. The van der Waals surface area contributed by atoms with Crippen molar-refractivity contribution in [1.29, 1.82) is 0 Å². The second kappa shape index (κ2) is 16.3. The number of halogens is 3. The topological polar surface area (TPSA) is 147 Å². The van der Waals surface area contributed by atoms with Crippen molar-refractivity contribution in [3.05, 3.63) is 59.3 Å². The van der Waals surface area contributed by atoms with E-state index in [1.54, 1.807) is 6.08 Å². The highest BCUT2D eigenvalue weighted by molar-refractivity contribution is 5.69. The van der Waals surface area contributed by atoms with Gasteiger partial charge in [-0.25, -0.2) is 0 Å². The highest BCUT2D eigenvalue weighted by Crippen LogP contribution is 2.36. The molecule has 0 unspecified atom stereocenters. The van der Waals surface area contributed by atoms with Gasteiger partial charge < -0.3 is 34.8 Å². The summed E-state index contributed by atoms with van der Waals surface area (Å²) in [6.07, 6.45) is 3.16. The maximum absolute atomic E-state index is 12.9. The minimum Gasteiger partial charge on any atom is -0.569 e. The van der Waals surface area contributed by atoms with E-state index < -0.39 is 48.7 Å². The molecule has 0 bridgehead atoms. The molecule has 1 aliphatic carbocycles. The van der Waals surface area contributed by atoms with Crippen molar-refractivity contribution in [2.45, 2.75) is 69.4 Å². The van der Waals surface area contributed by atoms with Gasteiger partial charge in [-0.3, -0.25) is 4.79 Å². The van der Waals surface area contributed by atoms with Gasteiger partial charge in [-0.15, -0.1) is 5.01 Å². The third-order valence-electron chi connectivity index (χ3n) is 7.10. The lowest BCUT2D eigenvalue weighted by Gasteiger charge is -2.19. The van der Waals surface area contributed by atoms with Crippen molar-refractivity contribution in [2.75, 3.05) is 26.5 Å². The second-order valence-electron chi connectivity index (χ2n) is 10.3. The van der Waals surface area contributed by atoms with E-state index in [4.69, 9.17) is 14.3 Å². The summed E-state index contributed by atoms with van der Waals surface area (Å²) in [5.41, 5.74) is -0.855. The quantitative estimate of drug-likeness (QED) is 0.0518. The summed E-state index contributed by atoms with van der Waals surface area (Å²) in [6.45, 7) is 0.473. The summed E-state index contributed by atoms with van der Waals surface area (Å²) in [6, 6.07) is 4.35. The number of unbranched alkanes of at least 4 members (excludes halogenated alkanes) is 1. The number of allylic oxidation sites excluding steroid dienone is 2. The van der Waals surface area contributed by atoms with E-state index in [2.05, 4.69) is 5.28 Å². The summed E-state index contributed by atoms with van der Waals surface area (Å²) in [5.74, 6) is -1.27. The predicted molar refractivity (Wildman–Crippen MR) is 142 cm³/mol. The Morgan fingerprint density at radius 3 is 2.71 bits per heavy atom. The number of rotatable bonds is 15. The van der Waals surface area contributed by atoms with Gasteiger partial charge in [0.15, 0.2) is 0 Å². The monoisotopic (exact) mass is 601 g/mol. The average molecular weight is 602 g/mol. The van der Waals surface area contributed by atoms with Crippen molar-refractivity contribution >= 4 is 5.97 Å². The minimum absolute atomic E-state index is 0.0303. The largest absolute Gasteiger partial charge is 0.569 e. The molecule has 2 fully saturated rings. The standard InChI is InChI=1S/C28H38F3N3O8/c29-28(30,31)20-8-7-9-22(16-20)40-18-21(35)12-13-24-23(25(36)17-26(24)37)10-3-1-2-4-11-27(38)41-19-42-32-34(39)33-14-5-6-15-33/h1,3,7-9,12-13,16,21,23-26,35-37H,2,4-6,10-11,14-15,17-19H2/b3-1-,13-12+,34-32+/t21-,23-,24-,25+,26-/m1/s1. The van der Waals surface area contributed by atoms with Crippen LogP contribution in [0, 0.1) is 17.0 Å². The molecule has 1 saturated heterocycles. The maximum Gasteiger partial charge on any atom is 0.416 e. The fourth-order valence-corrected chi connectivity index (χ4v) is 4.86. The molecule has 3 N–H and O–H groups in total. The Morgan fingerprint density at radius 2 is 1.98 bits per heavy atom. The van der Waals surface area contributed by atoms with Gasteiger partial charge in [0.25, 0.3) is 6.79 Å². The zero-order valence-electron chi connectivity index (χ0n) is 23.1. The number of nitrogens with zero attached hydrogens (tertiary/aromatic N) is 3. The van der Waals surface area contributed by atoms with E-state index in [1.807, 2.05) is 12.2 Å². The first-order valence-electron chi connectivity index (χ1n) is 13.9. The lowest BCUT2D eigenvalue weighted by atomic mass is 9.89. The average Bonchev–Trinajstić information content (AvgIpc) is 3.58. The van der Waals surface area contributed by atoms with Gasteiger partial charge in [-0.2, -0.15) is 13.2 Å². The molecular formula is C28H38F3N3O8. The Bertz CT molecular complexity index is 1080. The lowest BCUT2D eigenvalue weighted by molar-refractivity contribution is -0.708. The second-order valence-corrected chi connectivity index (χ2v) is 10.3. The number of aliphatic hydroxyl groups excluding tert-OH is 3. The molecule has 234 valence electrons. The van der Waals surface area contributed by atoms with Gasteiger partial charge in [-0.1, -0.05) is 30.4 Å². The molecule has 1 aliphatic heterocycles. The minimum atomic E-state index is -4.51. The molecule has 1 aromatic carbocycles. The fourth-order valence-electron chi connectivity index (χ4n) is 4.86. The Hall–Kier alpha value is -3.36. The predicted octanol–water partition coefficient (Wildman–Crippen LogP) is 3.88. The van der Waals surface area contributed by atoms with Crippen LogP contribution in [0.4, 0.5) is 13.2 Å². The number of hydrogen-bond donors (Lipinski definition) is 3. The maximum atomic E-state index is 12.9. The van der Waals surface area contributed by atoms with Crippen LogP contribution in [0.5, 0.6) is 5.75 Å². The van der Waals surface area contributed by atoms with Crippen LogP contribution in [0.15, 0.2) is 53.8 Å². The van der Waals surface area contributed by atoms with Crippen molar-refractivity contribution in [2.24, 2.45) is 17.1 Å². The zero-order chi connectivity index (χ0) is 30.5. The number of ether oxygens (including phenoxy) is 2. The molecule has 3 rings (SSSR count). The highest BCUT2D eigenvalue weighted by Gasteiger charge is 2.39. The van der Waals surface area contributed by atoms with Crippen LogP contribution in [0.3, 0.4) is 0 Å². The Morgan fingerprint density at radius 1 is 1.21 bits per heavy atom. The first kappa shape index (κ1) is 33.1. The SMILES string of the molecule is O=C(CCC/C=C\C[C@@H]1[C@@H](/C=C/[C@@H](O)COc2cccc(C(F)(F)F)c2)[C@H](O)C[C@@H]1O)OCO/N=[N+](/[O-])N1CCCC1. The first-order valence-corrected chi connectivity index (χ1v) is 13.9. The number of hydrogen-bond acceptors (Lipinski definition) is 9. The number of hydrazine groups is 1. The molecule has 1 aromatic rings. The molecule has 5 atom stereocenters. The van der Waals surface area contributed by atoms with E-state index in [-0.39, 0.29) is 31.1 Å². The number of aliphatic hydroxyl groups is 3. The van der Waals surface area contributed by atoms with Gasteiger partial charge >= 0.3 is 12.1 Å². The summed E-state index contributed by atoms with van der Waals surface area (Å²) < 4.78 is 48.7. The summed E-state index contributed by atoms with van der Waals surface area (Å²) in [7, 11) is 0. The van der Waals surface area contributed by atoms with Gasteiger partial charge in [-0.05, 0) is 56.2 Å². The van der Waals surface area contributed by atoms with Gasteiger partial charge in [0.05, 0.1) is 35.8 Å². The number of benzene rings is 1. The lowest BCUT2D eigenvalue weighted by Crippen LogP contribution is -2.27. The molecular weight excluding hydrogens is 563 g/mol. The Balaban J connectivity index is 1.34. The van der Waals surface area contributed by atoms with E-state index >= 15 is 0 Å². The zero-order valence-corrected chi connectivity index (χ0v) is 23.1. The van der Waals surface area contributed by atoms with Crippen LogP contribution in [0.25, 0.3) is 0 Å². The first-order chi connectivity index (χ1) is 20.0. The number of esters is 1. The molecule has 0 amide bonds. The van der Waals surface area contributed by atoms with Crippen molar-refractivity contribution in [3.63, 3.8) is 0 Å². The molecule has 0 spiro atoms. The van der Waals surface area contributed by atoms with E-state index in [1.165, 1.54) is 23.2 Å². The van der Waals surface area contributed by atoms with Crippen molar-refractivity contribution in [1.82, 2.24) is 5.01 Å². The number of alkyl halides is 3. The highest BCUT2D eigenvalue weighted by atomic mass is 19.4. The third-order valence-corrected chi connectivity index (χ3v) is 7.10. The van der Waals surface area contributed by atoms with Crippen LogP contribution in [-0.4, -0.2) is 76.1 Å². The number of carbonyl (C=O) groups excluding carboxylic acids is 1. The Labute approximate surface area is 242 Å². The number of carbonyl (C=O) groups is 1. The third kappa shape index (κ3) is 10.8. The molecule has 2 aliphatic rings. The van der Waals surface area contributed by atoms with Crippen molar-refractivity contribution < 1.29 is 52.6 Å². The Kier molecular flexibility index (Phi) is 12.9. The molecule has 42 heavy (non-hydrogen) atoms. The summed E-state index contributed by atoms with van der Waals surface area (Å²) in [5, 5.41) is 47.4. The van der Waals surface area contributed by atoms with Gasteiger partial charge in [0.2, 0.25) is 5.28 Å². The normalized spacial score (nSPS) is 24.0. The summed E-state index contributed by atoms with van der Waals surface area (Å²) in [4.78, 5) is 16.9. The molecule has 1 heterocycles. The molecule has 0 aromatic heterocycles. The van der Waals surface area contributed by atoms with Gasteiger partial charge in [0.1, 0.15) is 18.5 Å². The van der Waals surface area contributed by atoms with Gasteiger partial charge in [0, 0.05) is 18.8 Å². The van der Waals surface area contributed by atoms with Crippen LogP contribution in [0.1, 0.15) is 50.5 Å². The van der Waals surface area contributed by atoms with Crippen molar-refractivity contribution in [3.8, 4) is 5.75 Å². The van der Waals surface area contributed by atoms with E-state index in [9.17, 15) is 38.5 Å². The molecule has 14 heteroatoms. The smallest absolute Gasteiger partial charge is 0.416 e. The van der Waals surface area contributed by atoms with Crippen LogP contribution in [0.2, 0.25) is 0 Å². The molecule has 11 nitrogen and oxygen atoms in total. The van der Waals surface area contributed by atoms with Crippen LogP contribution < -0.4 is 4.74 Å². The van der Waals surface area contributed by atoms with Crippen LogP contribution in [-0.2, 0) is 20.5 Å². The fraction of sp³-hybridized carbons (Fsp3) is 0.607.